The van der Waals surface area contributed by atoms with Crippen molar-refractivity contribution in [1.82, 2.24) is 5.32 Å². The van der Waals surface area contributed by atoms with Gasteiger partial charge in [0.05, 0.1) is 0 Å². The lowest BCUT2D eigenvalue weighted by molar-refractivity contribution is -0.0498. The first kappa shape index (κ1) is 17.2. The Kier molecular flexibility index (Phi) is 7.30. The van der Waals surface area contributed by atoms with Crippen molar-refractivity contribution in [2.45, 2.75) is 44.6 Å². The molecule has 0 unspecified atom stereocenters. The Hall–Kier alpha value is -0.810. The molecule has 2 nitrogen and oxygen atoms in total. The number of halogens is 2. The molecular weight excluding hydrogens is 280 g/mol. The van der Waals surface area contributed by atoms with Crippen molar-refractivity contribution >= 4 is 11.8 Å². The van der Waals surface area contributed by atoms with Gasteiger partial charge in [-0.1, -0.05) is 26.0 Å². The molecule has 0 heterocycles. The van der Waals surface area contributed by atoms with Crippen LogP contribution in [0.5, 0.6) is 5.75 Å². The normalized spacial score (nSPS) is 11.9. The standard InChI is InChI=1S/C15H23F2NOS/c1-4-15(5-2,20-3)11-18-10-12-6-8-13(9-7-12)19-14(16)17/h6-9,14,18H,4-5,10-11H2,1-3H3. The van der Waals surface area contributed by atoms with E-state index in [-0.39, 0.29) is 10.5 Å². The molecule has 1 aromatic carbocycles. The van der Waals surface area contributed by atoms with Gasteiger partial charge in [0.1, 0.15) is 5.75 Å². The number of hydrogen-bond acceptors (Lipinski definition) is 3. The second-order valence-electron chi connectivity index (χ2n) is 4.72. The molecule has 0 saturated heterocycles. The highest BCUT2D eigenvalue weighted by atomic mass is 32.2. The molecule has 5 heteroatoms. The SMILES string of the molecule is CCC(CC)(CNCc1ccc(OC(F)F)cc1)SC. The zero-order valence-electron chi connectivity index (χ0n) is 12.3. The first-order chi connectivity index (χ1) is 9.55. The maximum Gasteiger partial charge on any atom is 0.387 e. The third-order valence-corrected chi connectivity index (χ3v) is 5.23. The fourth-order valence-corrected chi connectivity index (χ4v) is 2.91. The molecule has 0 aliphatic carbocycles. The van der Waals surface area contributed by atoms with E-state index in [0.29, 0.717) is 0 Å². The van der Waals surface area contributed by atoms with Crippen LogP contribution in [-0.2, 0) is 6.54 Å². The summed E-state index contributed by atoms with van der Waals surface area (Å²) in [5.41, 5.74) is 1.06. The third kappa shape index (κ3) is 5.29. The molecule has 0 amide bonds. The van der Waals surface area contributed by atoms with Crippen molar-refractivity contribution in [2.75, 3.05) is 12.8 Å². The molecule has 20 heavy (non-hydrogen) atoms. The van der Waals surface area contributed by atoms with Crippen molar-refractivity contribution < 1.29 is 13.5 Å². The largest absolute Gasteiger partial charge is 0.435 e. The van der Waals surface area contributed by atoms with E-state index in [1.807, 2.05) is 23.9 Å². The van der Waals surface area contributed by atoms with E-state index in [1.54, 1.807) is 12.1 Å². The quantitative estimate of drug-likeness (QED) is 0.735. The van der Waals surface area contributed by atoms with Gasteiger partial charge in [-0.2, -0.15) is 20.5 Å². The number of alkyl halides is 2. The second-order valence-corrected chi connectivity index (χ2v) is 5.99. The summed E-state index contributed by atoms with van der Waals surface area (Å²) in [7, 11) is 0. The van der Waals surface area contributed by atoms with Crippen LogP contribution in [0.3, 0.4) is 0 Å². The summed E-state index contributed by atoms with van der Waals surface area (Å²) in [5.74, 6) is 0.198. The minimum atomic E-state index is -2.77. The monoisotopic (exact) mass is 303 g/mol. The maximum atomic E-state index is 12.0. The predicted molar refractivity (Wildman–Crippen MR) is 81.6 cm³/mol. The van der Waals surface area contributed by atoms with Gasteiger partial charge in [-0.15, -0.1) is 0 Å². The smallest absolute Gasteiger partial charge is 0.387 e. The fraction of sp³-hybridized carbons (Fsp3) is 0.600. The molecule has 0 bridgehead atoms. The van der Waals surface area contributed by atoms with Gasteiger partial charge in [-0.3, -0.25) is 0 Å². The van der Waals surface area contributed by atoms with E-state index in [1.165, 1.54) is 0 Å². The second kappa shape index (κ2) is 8.47. The Labute approximate surface area is 124 Å². The molecule has 0 fully saturated rings. The van der Waals surface area contributed by atoms with Gasteiger partial charge in [0.25, 0.3) is 0 Å². The molecule has 0 spiro atoms. The minimum absolute atomic E-state index is 0.198. The van der Waals surface area contributed by atoms with Crippen LogP contribution in [-0.4, -0.2) is 24.2 Å². The maximum absolute atomic E-state index is 12.0. The molecule has 0 atom stereocenters. The van der Waals surface area contributed by atoms with Crippen LogP contribution >= 0.6 is 11.8 Å². The van der Waals surface area contributed by atoms with E-state index >= 15 is 0 Å². The topological polar surface area (TPSA) is 21.3 Å². The molecule has 0 aliphatic heterocycles. The highest BCUT2D eigenvalue weighted by molar-refractivity contribution is 8.00. The summed E-state index contributed by atoms with van der Waals surface area (Å²) in [6.45, 7) is 3.32. The first-order valence-corrected chi connectivity index (χ1v) is 8.07. The van der Waals surface area contributed by atoms with Gasteiger partial charge in [0.2, 0.25) is 0 Å². The van der Waals surface area contributed by atoms with E-state index in [4.69, 9.17) is 0 Å². The molecule has 0 radical (unpaired) electrons. The van der Waals surface area contributed by atoms with Crippen molar-refractivity contribution in [1.29, 1.82) is 0 Å². The van der Waals surface area contributed by atoms with Gasteiger partial charge < -0.3 is 10.1 Å². The number of hydrogen-bond donors (Lipinski definition) is 1. The molecular formula is C15H23F2NOS. The van der Waals surface area contributed by atoms with Crippen LogP contribution in [0.2, 0.25) is 0 Å². The molecule has 1 N–H and O–H groups in total. The fourth-order valence-electron chi connectivity index (χ4n) is 2.08. The van der Waals surface area contributed by atoms with Gasteiger partial charge >= 0.3 is 6.61 Å². The lowest BCUT2D eigenvalue weighted by Crippen LogP contribution is -2.36. The Morgan fingerprint density at radius 1 is 1.20 bits per heavy atom. The van der Waals surface area contributed by atoms with Crippen LogP contribution in [0.1, 0.15) is 32.3 Å². The van der Waals surface area contributed by atoms with E-state index < -0.39 is 6.61 Å². The van der Waals surface area contributed by atoms with Gasteiger partial charge in [-0.25, -0.2) is 0 Å². The minimum Gasteiger partial charge on any atom is -0.435 e. The summed E-state index contributed by atoms with van der Waals surface area (Å²) in [5, 5.41) is 3.45. The van der Waals surface area contributed by atoms with E-state index in [2.05, 4.69) is 30.2 Å². The molecule has 0 saturated carbocycles. The van der Waals surface area contributed by atoms with Gasteiger partial charge in [0.15, 0.2) is 0 Å². The number of benzene rings is 1. The van der Waals surface area contributed by atoms with Crippen LogP contribution in [0, 0.1) is 0 Å². The third-order valence-electron chi connectivity index (χ3n) is 3.65. The first-order valence-electron chi connectivity index (χ1n) is 6.85. The number of thioether (sulfide) groups is 1. The van der Waals surface area contributed by atoms with Crippen LogP contribution < -0.4 is 10.1 Å². The van der Waals surface area contributed by atoms with Crippen molar-refractivity contribution in [3.05, 3.63) is 29.8 Å². The molecule has 0 aromatic heterocycles. The predicted octanol–water partition coefficient (Wildman–Crippen LogP) is 4.30. The summed E-state index contributed by atoms with van der Waals surface area (Å²) in [4.78, 5) is 0. The summed E-state index contributed by atoms with van der Waals surface area (Å²) < 4.78 is 28.7. The van der Waals surface area contributed by atoms with Crippen LogP contribution in [0.25, 0.3) is 0 Å². The lowest BCUT2D eigenvalue weighted by atomic mass is 10.0. The molecule has 1 aromatic rings. The Bertz CT molecular complexity index is 372. The van der Waals surface area contributed by atoms with Crippen molar-refractivity contribution in [3.63, 3.8) is 0 Å². The number of nitrogens with one attached hydrogen (secondary N) is 1. The van der Waals surface area contributed by atoms with Gasteiger partial charge in [-0.05, 0) is 36.8 Å². The number of ether oxygens (including phenoxy) is 1. The molecule has 0 aliphatic rings. The van der Waals surface area contributed by atoms with Crippen LogP contribution in [0.15, 0.2) is 24.3 Å². The number of rotatable bonds is 9. The zero-order chi connectivity index (χ0) is 15.0. The van der Waals surface area contributed by atoms with Crippen LogP contribution in [0.4, 0.5) is 8.78 Å². The Morgan fingerprint density at radius 3 is 2.25 bits per heavy atom. The zero-order valence-corrected chi connectivity index (χ0v) is 13.1. The van der Waals surface area contributed by atoms with E-state index in [0.717, 1.165) is 31.5 Å². The highest BCUT2D eigenvalue weighted by Crippen LogP contribution is 2.29. The summed E-state index contributed by atoms with van der Waals surface area (Å²) in [6, 6.07) is 6.77. The molecule has 114 valence electrons. The highest BCUT2D eigenvalue weighted by Gasteiger charge is 2.23. The summed E-state index contributed by atoms with van der Waals surface area (Å²) >= 11 is 1.90. The Balaban J connectivity index is 2.46. The lowest BCUT2D eigenvalue weighted by Gasteiger charge is -2.30. The average molecular weight is 303 g/mol. The Morgan fingerprint density at radius 2 is 1.80 bits per heavy atom. The van der Waals surface area contributed by atoms with Crippen molar-refractivity contribution in [2.24, 2.45) is 0 Å². The average Bonchev–Trinajstić information content (AvgIpc) is 2.45. The van der Waals surface area contributed by atoms with Crippen molar-refractivity contribution in [3.8, 4) is 5.75 Å². The van der Waals surface area contributed by atoms with Gasteiger partial charge in [0, 0.05) is 17.8 Å². The van der Waals surface area contributed by atoms with E-state index in [9.17, 15) is 8.78 Å². The summed E-state index contributed by atoms with van der Waals surface area (Å²) in [6.07, 6.45) is 4.39. The molecule has 1 rings (SSSR count).